The highest BCUT2D eigenvalue weighted by molar-refractivity contribution is 5.98. The maximum absolute atomic E-state index is 13.1. The first-order chi connectivity index (χ1) is 13.4. The molecule has 1 aromatic carbocycles. The summed E-state index contributed by atoms with van der Waals surface area (Å²) < 4.78 is 45.0. The maximum atomic E-state index is 13.1. The Morgan fingerprint density at radius 1 is 1.11 bits per heavy atom. The summed E-state index contributed by atoms with van der Waals surface area (Å²) in [5, 5.41) is 0. The van der Waals surface area contributed by atoms with Gasteiger partial charge in [-0.15, -0.1) is 0 Å². The number of hydrogen-bond donors (Lipinski definition) is 0. The number of carbonyl (C=O) groups excluding carboxylic acids is 1. The quantitative estimate of drug-likeness (QED) is 0.654. The van der Waals surface area contributed by atoms with Crippen LogP contribution >= 0.6 is 0 Å². The second-order valence-electron chi connectivity index (χ2n) is 8.49. The van der Waals surface area contributed by atoms with Crippen LogP contribution in [0.5, 0.6) is 0 Å². The number of ketones is 1. The second kappa shape index (κ2) is 8.15. The van der Waals surface area contributed by atoms with Gasteiger partial charge in [-0.2, -0.15) is 13.2 Å². The number of hydrogen-bond acceptors (Lipinski definition) is 3. The van der Waals surface area contributed by atoms with Gasteiger partial charge in [0.25, 0.3) is 0 Å². The molecular formula is C22H28F3NO2. The Balaban J connectivity index is 1.52. The second-order valence-corrected chi connectivity index (χ2v) is 8.49. The van der Waals surface area contributed by atoms with Gasteiger partial charge in [-0.3, -0.25) is 9.69 Å². The molecule has 0 N–H and O–H groups in total. The Hall–Kier alpha value is -1.40. The molecule has 0 bridgehead atoms. The summed E-state index contributed by atoms with van der Waals surface area (Å²) in [5.74, 6) is 0.184. The van der Waals surface area contributed by atoms with E-state index in [-0.39, 0.29) is 17.6 Å². The van der Waals surface area contributed by atoms with Crippen LogP contribution in [0.25, 0.3) is 0 Å². The Morgan fingerprint density at radius 3 is 2.54 bits per heavy atom. The first kappa shape index (κ1) is 19.9. The van der Waals surface area contributed by atoms with Crippen molar-refractivity contribution in [2.75, 3.05) is 26.3 Å². The smallest absolute Gasteiger partial charge is 0.381 e. The van der Waals surface area contributed by atoms with Gasteiger partial charge in [0, 0.05) is 30.6 Å². The van der Waals surface area contributed by atoms with E-state index >= 15 is 0 Å². The van der Waals surface area contributed by atoms with Crippen molar-refractivity contribution in [1.82, 2.24) is 4.90 Å². The molecule has 3 nitrogen and oxygen atoms in total. The van der Waals surface area contributed by atoms with E-state index in [2.05, 4.69) is 4.90 Å². The van der Waals surface area contributed by atoms with Crippen molar-refractivity contribution in [3.63, 3.8) is 0 Å². The molecule has 3 fully saturated rings. The standard InChI is InChI=1S/C22H28F3NO2/c23-22(24,25)17-6-7-18(19(13-17)15-4-5-15)21(27)12-16-14-28-11-8-20(16)26-9-2-1-3-10-26/h6-7,13,15-16,20H,1-5,8-12,14H2/t16-,20-/m1/s1. The van der Waals surface area contributed by atoms with Crippen LogP contribution in [0.2, 0.25) is 0 Å². The third-order valence-corrected chi connectivity index (χ3v) is 6.44. The summed E-state index contributed by atoms with van der Waals surface area (Å²) >= 11 is 0. The third-order valence-electron chi connectivity index (χ3n) is 6.44. The average molecular weight is 395 g/mol. The molecule has 0 radical (unpaired) electrons. The predicted octanol–water partition coefficient (Wildman–Crippen LogP) is 5.05. The lowest BCUT2D eigenvalue weighted by Gasteiger charge is -2.41. The van der Waals surface area contributed by atoms with Crippen molar-refractivity contribution in [3.8, 4) is 0 Å². The summed E-state index contributed by atoms with van der Waals surface area (Å²) in [6.07, 6.45) is 2.30. The normalized spacial score (nSPS) is 27.0. The summed E-state index contributed by atoms with van der Waals surface area (Å²) in [5.41, 5.74) is 0.419. The lowest BCUT2D eigenvalue weighted by atomic mass is 9.85. The Bertz CT molecular complexity index is 708. The fourth-order valence-corrected chi connectivity index (χ4v) is 4.78. The lowest BCUT2D eigenvalue weighted by molar-refractivity contribution is -0.137. The zero-order valence-electron chi connectivity index (χ0n) is 16.1. The summed E-state index contributed by atoms with van der Waals surface area (Å²) in [6.45, 7) is 3.43. The van der Waals surface area contributed by atoms with E-state index in [1.54, 1.807) is 0 Å². The minimum Gasteiger partial charge on any atom is -0.381 e. The number of alkyl halides is 3. The minimum absolute atomic E-state index is 0.0341. The molecule has 1 aliphatic carbocycles. The number of ether oxygens (including phenoxy) is 1. The van der Waals surface area contributed by atoms with Crippen molar-refractivity contribution in [2.24, 2.45) is 5.92 Å². The van der Waals surface area contributed by atoms with Gasteiger partial charge in [0.15, 0.2) is 5.78 Å². The van der Waals surface area contributed by atoms with Crippen LogP contribution in [0, 0.1) is 5.92 Å². The van der Waals surface area contributed by atoms with Gasteiger partial charge in [-0.1, -0.05) is 12.5 Å². The van der Waals surface area contributed by atoms with Gasteiger partial charge in [-0.05, 0) is 68.8 Å². The van der Waals surface area contributed by atoms with E-state index in [9.17, 15) is 18.0 Å². The molecule has 6 heteroatoms. The zero-order valence-corrected chi connectivity index (χ0v) is 16.1. The molecule has 0 amide bonds. The minimum atomic E-state index is -4.37. The van der Waals surface area contributed by atoms with E-state index < -0.39 is 11.7 Å². The molecule has 2 aliphatic heterocycles. The van der Waals surface area contributed by atoms with Gasteiger partial charge >= 0.3 is 6.18 Å². The van der Waals surface area contributed by atoms with Gasteiger partial charge < -0.3 is 4.74 Å². The molecule has 0 aromatic heterocycles. The Morgan fingerprint density at radius 2 is 1.86 bits per heavy atom. The molecule has 2 heterocycles. The monoisotopic (exact) mass is 395 g/mol. The van der Waals surface area contributed by atoms with E-state index in [0.29, 0.717) is 30.2 Å². The Kier molecular flexibility index (Phi) is 5.79. The first-order valence-corrected chi connectivity index (χ1v) is 10.5. The summed E-state index contributed by atoms with van der Waals surface area (Å²) in [7, 11) is 0. The fourth-order valence-electron chi connectivity index (χ4n) is 4.78. The molecule has 2 saturated heterocycles. The molecule has 4 rings (SSSR count). The predicted molar refractivity (Wildman–Crippen MR) is 101 cm³/mol. The van der Waals surface area contributed by atoms with E-state index in [1.807, 2.05) is 0 Å². The molecule has 28 heavy (non-hydrogen) atoms. The molecule has 3 aliphatic rings. The maximum Gasteiger partial charge on any atom is 0.416 e. The highest BCUT2D eigenvalue weighted by atomic mass is 19.4. The van der Waals surface area contributed by atoms with Crippen LogP contribution in [0.3, 0.4) is 0 Å². The number of benzene rings is 1. The van der Waals surface area contributed by atoms with Crippen molar-refractivity contribution in [2.45, 2.75) is 63.1 Å². The number of halogens is 3. The number of Topliss-reactive ketones (excluding diaryl/α,β-unsaturated/α-hetero) is 1. The molecule has 1 saturated carbocycles. The molecule has 0 spiro atoms. The van der Waals surface area contributed by atoms with Gasteiger partial charge in [0.2, 0.25) is 0 Å². The number of likely N-dealkylation sites (tertiary alicyclic amines) is 1. The largest absolute Gasteiger partial charge is 0.416 e. The van der Waals surface area contributed by atoms with Crippen LogP contribution in [0.1, 0.15) is 72.3 Å². The van der Waals surface area contributed by atoms with Crippen LogP contribution < -0.4 is 0 Å². The summed E-state index contributed by atoms with van der Waals surface area (Å²) in [6, 6.07) is 4.00. The van der Waals surface area contributed by atoms with Gasteiger partial charge in [0.1, 0.15) is 0 Å². The number of piperidine rings is 1. The number of rotatable bonds is 5. The third kappa shape index (κ3) is 4.43. The van der Waals surface area contributed by atoms with E-state index in [0.717, 1.165) is 45.0 Å². The van der Waals surface area contributed by atoms with Crippen LogP contribution in [0.4, 0.5) is 13.2 Å². The SMILES string of the molecule is O=C(C[C@@H]1COCC[C@H]1N1CCCCC1)c1ccc(C(F)(F)F)cc1C1CC1. The van der Waals surface area contributed by atoms with Crippen molar-refractivity contribution in [3.05, 3.63) is 34.9 Å². The molecule has 2 atom stereocenters. The number of carbonyl (C=O) groups is 1. The van der Waals surface area contributed by atoms with Crippen LogP contribution in [-0.2, 0) is 10.9 Å². The van der Waals surface area contributed by atoms with E-state index in [1.165, 1.54) is 31.4 Å². The van der Waals surface area contributed by atoms with Crippen LogP contribution in [-0.4, -0.2) is 43.0 Å². The van der Waals surface area contributed by atoms with Gasteiger partial charge in [-0.25, -0.2) is 0 Å². The fraction of sp³-hybridized carbons (Fsp3) is 0.682. The first-order valence-electron chi connectivity index (χ1n) is 10.5. The Labute approximate surface area is 164 Å². The lowest BCUT2D eigenvalue weighted by Crippen LogP contribution is -2.48. The van der Waals surface area contributed by atoms with Crippen molar-refractivity contribution in [1.29, 1.82) is 0 Å². The molecule has 1 aromatic rings. The highest BCUT2D eigenvalue weighted by Crippen LogP contribution is 2.44. The molecular weight excluding hydrogens is 367 g/mol. The van der Waals surface area contributed by atoms with Crippen molar-refractivity contribution < 1.29 is 22.7 Å². The van der Waals surface area contributed by atoms with E-state index in [4.69, 9.17) is 4.74 Å². The highest BCUT2D eigenvalue weighted by Gasteiger charge is 2.37. The molecule has 0 unspecified atom stereocenters. The van der Waals surface area contributed by atoms with Gasteiger partial charge in [0.05, 0.1) is 12.2 Å². The zero-order chi connectivity index (χ0) is 19.7. The van der Waals surface area contributed by atoms with Crippen LogP contribution in [0.15, 0.2) is 18.2 Å². The topological polar surface area (TPSA) is 29.5 Å². The van der Waals surface area contributed by atoms with Crippen molar-refractivity contribution >= 4 is 5.78 Å². The summed E-state index contributed by atoms with van der Waals surface area (Å²) in [4.78, 5) is 15.6. The number of nitrogens with zero attached hydrogens (tertiary/aromatic N) is 1. The average Bonchev–Trinajstić information content (AvgIpc) is 3.53. The molecule has 154 valence electrons.